The highest BCUT2D eigenvalue weighted by atomic mass is 19.4. The van der Waals surface area contributed by atoms with Crippen molar-refractivity contribution < 1.29 is 13.2 Å². The van der Waals surface area contributed by atoms with Crippen LogP contribution in [0.25, 0.3) is 0 Å². The van der Waals surface area contributed by atoms with Gasteiger partial charge >= 0.3 is 6.18 Å². The molecular formula is C21H29F3. The van der Waals surface area contributed by atoms with E-state index in [2.05, 4.69) is 36.4 Å². The number of halogens is 3. The lowest BCUT2D eigenvalue weighted by Crippen LogP contribution is -2.13. The first-order valence-corrected chi connectivity index (χ1v) is 9.31. The first-order chi connectivity index (χ1) is 11.5. The topological polar surface area (TPSA) is 0 Å². The average Bonchev–Trinajstić information content (AvgIpc) is 2.58. The summed E-state index contributed by atoms with van der Waals surface area (Å²) in [5.74, 6) is 1.57. The predicted molar refractivity (Wildman–Crippen MR) is 94.0 cm³/mol. The van der Waals surface area contributed by atoms with Crippen molar-refractivity contribution in [3.05, 3.63) is 48.0 Å². The van der Waals surface area contributed by atoms with Crippen LogP contribution >= 0.6 is 0 Å². The molecule has 1 aliphatic rings. The summed E-state index contributed by atoms with van der Waals surface area (Å²) in [6.07, 6.45) is 8.70. The smallest absolute Gasteiger partial charge is 0.171 e. The second kappa shape index (κ2) is 9.90. The second-order valence-corrected chi connectivity index (χ2v) is 7.04. The van der Waals surface area contributed by atoms with Crippen molar-refractivity contribution in [1.29, 1.82) is 0 Å². The van der Waals surface area contributed by atoms with Crippen LogP contribution in [-0.4, -0.2) is 6.18 Å². The molecule has 0 atom stereocenters. The number of hydrogen-bond donors (Lipinski definition) is 0. The van der Waals surface area contributed by atoms with Crippen molar-refractivity contribution in [2.24, 2.45) is 5.92 Å². The van der Waals surface area contributed by atoms with Crippen LogP contribution in [0.4, 0.5) is 13.2 Å². The average molecular weight is 338 g/mol. The molecule has 1 fully saturated rings. The van der Waals surface area contributed by atoms with Crippen LogP contribution in [0.2, 0.25) is 0 Å². The monoisotopic (exact) mass is 338 g/mol. The highest BCUT2D eigenvalue weighted by Gasteiger charge is 2.25. The van der Waals surface area contributed by atoms with Gasteiger partial charge in [0.15, 0.2) is 0 Å². The molecule has 1 aromatic carbocycles. The first-order valence-electron chi connectivity index (χ1n) is 9.31. The molecule has 1 saturated carbocycles. The van der Waals surface area contributed by atoms with Crippen molar-refractivity contribution in [3.8, 4) is 0 Å². The number of hydrogen-bond acceptors (Lipinski definition) is 0. The van der Waals surface area contributed by atoms with Crippen molar-refractivity contribution in [2.75, 3.05) is 0 Å². The minimum Gasteiger partial charge on any atom is -0.171 e. The van der Waals surface area contributed by atoms with Gasteiger partial charge < -0.3 is 0 Å². The standard InChI is InChI=1S/C21H29F3/c22-21(23,24)17-9-4-2-1-3-6-10-18-13-15-20(16-14-18)19-11-7-5-8-12-19/h1-2,5,7-8,11-12,18,20H,3-4,6,9-10,13-17H2. The fourth-order valence-corrected chi connectivity index (χ4v) is 3.69. The van der Waals surface area contributed by atoms with Crippen LogP contribution in [0.5, 0.6) is 0 Å². The van der Waals surface area contributed by atoms with E-state index in [-0.39, 0.29) is 6.42 Å². The summed E-state index contributed by atoms with van der Waals surface area (Å²) in [6, 6.07) is 10.8. The van der Waals surface area contributed by atoms with Gasteiger partial charge in [-0.3, -0.25) is 0 Å². The van der Waals surface area contributed by atoms with E-state index >= 15 is 0 Å². The van der Waals surface area contributed by atoms with E-state index in [0.717, 1.165) is 24.7 Å². The molecule has 0 N–H and O–H groups in total. The van der Waals surface area contributed by atoms with Gasteiger partial charge in [0.1, 0.15) is 0 Å². The van der Waals surface area contributed by atoms with E-state index in [1.165, 1.54) is 37.7 Å². The Morgan fingerprint density at radius 1 is 0.875 bits per heavy atom. The Hall–Kier alpha value is -1.25. The molecule has 1 aliphatic carbocycles. The predicted octanol–water partition coefficient (Wildman–Crippen LogP) is 7.42. The van der Waals surface area contributed by atoms with Crippen LogP contribution in [-0.2, 0) is 0 Å². The number of unbranched alkanes of at least 4 members (excludes halogenated alkanes) is 2. The molecule has 0 nitrogen and oxygen atoms in total. The van der Waals surface area contributed by atoms with E-state index in [1.807, 2.05) is 6.08 Å². The van der Waals surface area contributed by atoms with Gasteiger partial charge in [-0.05, 0) is 68.8 Å². The molecule has 0 aliphatic heterocycles. The maximum atomic E-state index is 12.0. The molecule has 0 spiro atoms. The third-order valence-corrected chi connectivity index (χ3v) is 5.10. The summed E-state index contributed by atoms with van der Waals surface area (Å²) in [6.45, 7) is 0. The molecule has 0 radical (unpaired) electrons. The Labute approximate surface area is 144 Å². The highest BCUT2D eigenvalue weighted by Crippen LogP contribution is 2.37. The molecule has 0 amide bonds. The minimum atomic E-state index is -4.01. The molecule has 2 rings (SSSR count). The third-order valence-electron chi connectivity index (χ3n) is 5.10. The number of alkyl halides is 3. The van der Waals surface area contributed by atoms with Crippen molar-refractivity contribution >= 4 is 0 Å². The zero-order chi connectivity index (χ0) is 17.3. The summed E-state index contributed by atoms with van der Waals surface area (Å²) >= 11 is 0. The van der Waals surface area contributed by atoms with Gasteiger partial charge in [-0.25, -0.2) is 0 Å². The molecule has 24 heavy (non-hydrogen) atoms. The first kappa shape index (κ1) is 19.1. The molecule has 0 heterocycles. The fourth-order valence-electron chi connectivity index (χ4n) is 3.69. The van der Waals surface area contributed by atoms with Crippen LogP contribution in [0.15, 0.2) is 42.5 Å². The summed E-state index contributed by atoms with van der Waals surface area (Å²) in [5.41, 5.74) is 1.48. The molecule has 0 saturated heterocycles. The molecule has 3 heteroatoms. The zero-order valence-corrected chi connectivity index (χ0v) is 14.4. The van der Waals surface area contributed by atoms with Crippen molar-refractivity contribution in [2.45, 2.75) is 76.3 Å². The van der Waals surface area contributed by atoms with Gasteiger partial charge in [-0.2, -0.15) is 13.2 Å². The van der Waals surface area contributed by atoms with Gasteiger partial charge in [-0.1, -0.05) is 48.9 Å². The molecule has 134 valence electrons. The van der Waals surface area contributed by atoms with Crippen LogP contribution in [0, 0.1) is 5.92 Å². The van der Waals surface area contributed by atoms with E-state index < -0.39 is 12.6 Å². The van der Waals surface area contributed by atoms with Gasteiger partial charge in [-0.15, -0.1) is 0 Å². The molecule has 0 aromatic heterocycles. The largest absolute Gasteiger partial charge is 0.389 e. The van der Waals surface area contributed by atoms with Gasteiger partial charge in [0.05, 0.1) is 0 Å². The molecular weight excluding hydrogens is 309 g/mol. The second-order valence-electron chi connectivity index (χ2n) is 7.04. The van der Waals surface area contributed by atoms with Gasteiger partial charge in [0, 0.05) is 6.42 Å². The summed E-state index contributed by atoms with van der Waals surface area (Å²) in [4.78, 5) is 0. The summed E-state index contributed by atoms with van der Waals surface area (Å²) in [7, 11) is 0. The Kier molecular flexibility index (Phi) is 7.87. The quantitative estimate of drug-likeness (QED) is 0.342. The van der Waals surface area contributed by atoms with Gasteiger partial charge in [0.2, 0.25) is 0 Å². The highest BCUT2D eigenvalue weighted by molar-refractivity contribution is 5.19. The molecule has 1 aromatic rings. The maximum absolute atomic E-state index is 12.0. The maximum Gasteiger partial charge on any atom is 0.389 e. The van der Waals surface area contributed by atoms with E-state index in [0.29, 0.717) is 6.42 Å². The third kappa shape index (κ3) is 7.55. The summed E-state index contributed by atoms with van der Waals surface area (Å²) < 4.78 is 36.0. The Bertz CT molecular complexity index is 468. The lowest BCUT2D eigenvalue weighted by molar-refractivity contribution is -0.135. The van der Waals surface area contributed by atoms with Crippen LogP contribution in [0.3, 0.4) is 0 Å². The van der Waals surface area contributed by atoms with E-state index in [9.17, 15) is 13.2 Å². The zero-order valence-electron chi connectivity index (χ0n) is 14.4. The number of benzene rings is 1. The SMILES string of the molecule is FC(F)(F)CCCC=CCCCC1CCC(c2ccccc2)CC1. The lowest BCUT2D eigenvalue weighted by Gasteiger charge is -2.28. The van der Waals surface area contributed by atoms with Crippen LogP contribution in [0.1, 0.15) is 75.7 Å². The Balaban J connectivity index is 1.52. The Morgan fingerprint density at radius 3 is 2.12 bits per heavy atom. The number of allylic oxidation sites excluding steroid dienone is 2. The van der Waals surface area contributed by atoms with Crippen molar-refractivity contribution in [3.63, 3.8) is 0 Å². The van der Waals surface area contributed by atoms with E-state index in [4.69, 9.17) is 0 Å². The minimum absolute atomic E-state index is 0.212. The normalized spacial score (nSPS) is 22.1. The molecule has 0 bridgehead atoms. The lowest BCUT2D eigenvalue weighted by atomic mass is 9.77. The fraction of sp³-hybridized carbons (Fsp3) is 0.619. The summed E-state index contributed by atoms with van der Waals surface area (Å²) in [5, 5.41) is 0. The van der Waals surface area contributed by atoms with Gasteiger partial charge in [0.25, 0.3) is 0 Å². The van der Waals surface area contributed by atoms with Crippen LogP contribution < -0.4 is 0 Å². The molecule has 0 unspecified atom stereocenters. The van der Waals surface area contributed by atoms with Crippen molar-refractivity contribution in [1.82, 2.24) is 0 Å². The van der Waals surface area contributed by atoms with E-state index in [1.54, 1.807) is 0 Å². The number of rotatable bonds is 8. The Morgan fingerprint density at radius 2 is 1.50 bits per heavy atom.